The van der Waals surface area contributed by atoms with Gasteiger partial charge < -0.3 is 5.11 Å². The maximum absolute atomic E-state index is 11.1. The Morgan fingerprint density at radius 1 is 1.47 bits per heavy atom. The molecule has 0 saturated heterocycles. The van der Waals surface area contributed by atoms with Crippen LogP contribution in [-0.4, -0.2) is 27.3 Å². The Kier molecular flexibility index (Phi) is 3.47. The number of nitrogens with one attached hydrogen (secondary N) is 2. The van der Waals surface area contributed by atoms with Gasteiger partial charge in [-0.2, -0.15) is 5.10 Å². The highest BCUT2D eigenvalue weighted by Crippen LogP contribution is 2.20. The number of carbonyl (C=O) groups is 1. The molecule has 15 heavy (non-hydrogen) atoms. The smallest absolute Gasteiger partial charge is 0.325 e. The predicted molar refractivity (Wildman–Crippen MR) is 56.7 cm³/mol. The highest BCUT2D eigenvalue weighted by atomic mass is 16.4. The van der Waals surface area contributed by atoms with Crippen LogP contribution in [-0.2, 0) is 4.79 Å². The summed E-state index contributed by atoms with van der Waals surface area (Å²) >= 11 is 0. The SMILES string of the molecule is Cc1n[nH]c(C)c1C(NC(C)C)C(=O)O. The van der Waals surface area contributed by atoms with Crippen molar-refractivity contribution in [2.45, 2.75) is 39.8 Å². The number of nitrogens with zero attached hydrogens (tertiary/aromatic N) is 1. The quantitative estimate of drug-likeness (QED) is 0.698. The second-order valence-electron chi connectivity index (χ2n) is 3.94. The molecule has 1 aromatic rings. The number of aryl methyl sites for hydroxylation is 2. The van der Waals surface area contributed by atoms with Crippen LogP contribution in [0, 0.1) is 13.8 Å². The van der Waals surface area contributed by atoms with Gasteiger partial charge >= 0.3 is 5.97 Å². The van der Waals surface area contributed by atoms with Crippen LogP contribution in [0.2, 0.25) is 0 Å². The van der Waals surface area contributed by atoms with Crippen molar-refractivity contribution in [3.8, 4) is 0 Å². The van der Waals surface area contributed by atoms with E-state index in [1.165, 1.54) is 0 Å². The largest absolute Gasteiger partial charge is 0.480 e. The Labute approximate surface area is 88.9 Å². The van der Waals surface area contributed by atoms with Crippen molar-refractivity contribution in [2.24, 2.45) is 0 Å². The summed E-state index contributed by atoms with van der Waals surface area (Å²) in [5, 5.41) is 18.9. The number of hydrogen-bond acceptors (Lipinski definition) is 3. The number of carboxylic acid groups (broad SMARTS) is 1. The Morgan fingerprint density at radius 3 is 2.40 bits per heavy atom. The monoisotopic (exact) mass is 211 g/mol. The first-order valence-corrected chi connectivity index (χ1v) is 4.93. The topological polar surface area (TPSA) is 78.0 Å². The van der Waals surface area contributed by atoms with Crippen LogP contribution in [0.5, 0.6) is 0 Å². The van der Waals surface area contributed by atoms with Crippen molar-refractivity contribution in [3.63, 3.8) is 0 Å². The minimum Gasteiger partial charge on any atom is -0.480 e. The maximum atomic E-state index is 11.1. The summed E-state index contributed by atoms with van der Waals surface area (Å²) in [6.07, 6.45) is 0. The average Bonchev–Trinajstić information content (AvgIpc) is 2.42. The van der Waals surface area contributed by atoms with Crippen LogP contribution in [0.3, 0.4) is 0 Å². The van der Waals surface area contributed by atoms with Gasteiger partial charge in [0, 0.05) is 17.3 Å². The summed E-state index contributed by atoms with van der Waals surface area (Å²) in [7, 11) is 0. The number of hydrogen-bond donors (Lipinski definition) is 3. The molecule has 0 radical (unpaired) electrons. The number of carboxylic acids is 1. The first kappa shape index (κ1) is 11.7. The fourth-order valence-electron chi connectivity index (χ4n) is 1.60. The third kappa shape index (κ3) is 2.56. The predicted octanol–water partition coefficient (Wildman–Crippen LogP) is 1.15. The van der Waals surface area contributed by atoms with Gasteiger partial charge in [0.15, 0.2) is 0 Å². The first-order valence-electron chi connectivity index (χ1n) is 4.93. The van der Waals surface area contributed by atoms with E-state index in [0.29, 0.717) is 0 Å². The summed E-state index contributed by atoms with van der Waals surface area (Å²) in [6, 6.07) is -0.580. The van der Waals surface area contributed by atoms with Crippen LogP contribution in [0.15, 0.2) is 0 Å². The maximum Gasteiger partial charge on any atom is 0.325 e. The molecule has 1 heterocycles. The van der Waals surface area contributed by atoms with Crippen LogP contribution >= 0.6 is 0 Å². The van der Waals surface area contributed by atoms with Crippen molar-refractivity contribution in [1.82, 2.24) is 15.5 Å². The molecule has 1 rings (SSSR count). The van der Waals surface area contributed by atoms with Crippen molar-refractivity contribution in [2.75, 3.05) is 0 Å². The van der Waals surface area contributed by atoms with Crippen molar-refractivity contribution in [1.29, 1.82) is 0 Å². The second kappa shape index (κ2) is 4.44. The Hall–Kier alpha value is -1.36. The summed E-state index contributed by atoms with van der Waals surface area (Å²) in [5.74, 6) is -0.878. The van der Waals surface area contributed by atoms with Gasteiger partial charge in [-0.05, 0) is 27.7 Å². The van der Waals surface area contributed by atoms with Crippen LogP contribution < -0.4 is 5.32 Å². The zero-order valence-corrected chi connectivity index (χ0v) is 9.46. The summed E-state index contributed by atoms with van der Waals surface area (Å²) in [4.78, 5) is 11.1. The Morgan fingerprint density at radius 2 is 2.07 bits per heavy atom. The van der Waals surface area contributed by atoms with Gasteiger partial charge in [-0.25, -0.2) is 0 Å². The van der Waals surface area contributed by atoms with Gasteiger partial charge in [0.1, 0.15) is 6.04 Å². The molecule has 0 aliphatic rings. The third-order valence-corrected chi connectivity index (χ3v) is 2.22. The molecule has 84 valence electrons. The van der Waals surface area contributed by atoms with E-state index in [1.807, 2.05) is 20.8 Å². The minimum absolute atomic E-state index is 0.111. The molecule has 0 saturated carbocycles. The zero-order chi connectivity index (χ0) is 11.6. The van der Waals surface area contributed by atoms with Gasteiger partial charge in [0.25, 0.3) is 0 Å². The molecule has 5 heteroatoms. The van der Waals surface area contributed by atoms with E-state index in [9.17, 15) is 4.79 Å². The number of aliphatic carboxylic acids is 1. The van der Waals surface area contributed by atoms with Crippen LogP contribution in [0.4, 0.5) is 0 Å². The van der Waals surface area contributed by atoms with Crippen molar-refractivity contribution < 1.29 is 9.90 Å². The van der Waals surface area contributed by atoms with Gasteiger partial charge in [-0.3, -0.25) is 15.2 Å². The fourth-order valence-corrected chi connectivity index (χ4v) is 1.60. The molecule has 0 aliphatic carbocycles. The van der Waals surface area contributed by atoms with Gasteiger partial charge in [-0.1, -0.05) is 0 Å². The minimum atomic E-state index is -0.878. The molecule has 3 N–H and O–H groups in total. The van der Waals surface area contributed by atoms with Gasteiger partial charge in [0.2, 0.25) is 0 Å². The van der Waals surface area contributed by atoms with E-state index in [-0.39, 0.29) is 6.04 Å². The fraction of sp³-hybridized carbons (Fsp3) is 0.600. The molecular formula is C10H17N3O2. The molecule has 1 unspecified atom stereocenters. The lowest BCUT2D eigenvalue weighted by Gasteiger charge is -2.17. The lowest BCUT2D eigenvalue weighted by atomic mass is 10.0. The van der Waals surface area contributed by atoms with E-state index in [2.05, 4.69) is 15.5 Å². The molecule has 1 aromatic heterocycles. The molecule has 5 nitrogen and oxygen atoms in total. The normalized spacial score (nSPS) is 13.1. The van der Waals surface area contributed by atoms with Crippen LogP contribution in [0.25, 0.3) is 0 Å². The van der Waals surface area contributed by atoms with Crippen LogP contribution in [0.1, 0.15) is 36.8 Å². The van der Waals surface area contributed by atoms with E-state index in [0.717, 1.165) is 17.0 Å². The average molecular weight is 211 g/mol. The van der Waals surface area contributed by atoms with Gasteiger partial charge in [-0.15, -0.1) is 0 Å². The highest BCUT2D eigenvalue weighted by Gasteiger charge is 2.25. The van der Waals surface area contributed by atoms with E-state index < -0.39 is 12.0 Å². The molecule has 0 aliphatic heterocycles. The molecule has 0 amide bonds. The second-order valence-corrected chi connectivity index (χ2v) is 3.94. The molecular weight excluding hydrogens is 194 g/mol. The molecule has 0 spiro atoms. The standard InChI is InChI=1S/C10H17N3O2/c1-5(2)11-9(10(14)15)8-6(3)12-13-7(8)4/h5,9,11H,1-4H3,(H,12,13)(H,14,15). The number of aromatic amines is 1. The first-order chi connectivity index (χ1) is 6.93. The summed E-state index contributed by atoms with van der Waals surface area (Å²) in [5.41, 5.74) is 2.26. The Balaban J connectivity index is 3.04. The summed E-state index contributed by atoms with van der Waals surface area (Å²) in [6.45, 7) is 7.46. The molecule has 0 fully saturated rings. The molecule has 0 bridgehead atoms. The van der Waals surface area contributed by atoms with E-state index in [1.54, 1.807) is 6.92 Å². The van der Waals surface area contributed by atoms with E-state index in [4.69, 9.17) is 5.11 Å². The number of aromatic nitrogens is 2. The van der Waals surface area contributed by atoms with E-state index >= 15 is 0 Å². The van der Waals surface area contributed by atoms with Crippen molar-refractivity contribution >= 4 is 5.97 Å². The molecule has 0 aromatic carbocycles. The van der Waals surface area contributed by atoms with Crippen molar-refractivity contribution in [3.05, 3.63) is 17.0 Å². The summed E-state index contributed by atoms with van der Waals surface area (Å²) < 4.78 is 0. The molecule has 1 atom stereocenters. The number of H-pyrrole nitrogens is 1. The Bertz CT molecular complexity index is 338. The van der Waals surface area contributed by atoms with Gasteiger partial charge in [0.05, 0.1) is 5.69 Å². The lowest BCUT2D eigenvalue weighted by molar-refractivity contribution is -0.139. The third-order valence-electron chi connectivity index (χ3n) is 2.22. The number of rotatable bonds is 4. The lowest BCUT2D eigenvalue weighted by Crippen LogP contribution is -2.34. The zero-order valence-electron chi connectivity index (χ0n) is 9.46. The highest BCUT2D eigenvalue weighted by molar-refractivity contribution is 5.76.